The lowest BCUT2D eigenvalue weighted by atomic mass is 9.90. The summed E-state index contributed by atoms with van der Waals surface area (Å²) in [6.07, 6.45) is 3.99. The van der Waals surface area contributed by atoms with Gasteiger partial charge in [-0.25, -0.2) is 0 Å². The highest BCUT2D eigenvalue weighted by atomic mass is 16.7. The second kappa shape index (κ2) is 7.81. The smallest absolute Gasteiger partial charge is 0.147 e. The molecule has 2 rings (SSSR count). The van der Waals surface area contributed by atoms with Crippen molar-refractivity contribution in [3.05, 3.63) is 0 Å². The van der Waals surface area contributed by atoms with E-state index < -0.39 is 0 Å². The minimum atomic E-state index is -0.270. The van der Waals surface area contributed by atoms with Crippen LogP contribution in [0, 0.1) is 0 Å². The van der Waals surface area contributed by atoms with Gasteiger partial charge in [-0.2, -0.15) is 0 Å². The van der Waals surface area contributed by atoms with E-state index in [9.17, 15) is 0 Å². The van der Waals surface area contributed by atoms with Gasteiger partial charge in [0, 0.05) is 19.4 Å². The van der Waals surface area contributed by atoms with Gasteiger partial charge in [-0.1, -0.05) is 0 Å². The Bertz CT molecular complexity index is 432. The molecular weight excluding hydrogens is 320 g/mol. The van der Waals surface area contributed by atoms with Crippen molar-refractivity contribution in [3.63, 3.8) is 0 Å². The minimum Gasteiger partial charge on any atom is -0.373 e. The molecule has 0 radical (unpaired) electrons. The molecule has 0 bridgehead atoms. The van der Waals surface area contributed by atoms with E-state index in [0.717, 1.165) is 32.3 Å². The van der Waals surface area contributed by atoms with Crippen LogP contribution in [-0.4, -0.2) is 55.1 Å². The lowest BCUT2D eigenvalue weighted by Crippen LogP contribution is -2.44. The predicted molar refractivity (Wildman–Crippen MR) is 97.8 cm³/mol. The molecule has 3 atom stereocenters. The van der Waals surface area contributed by atoms with E-state index in [2.05, 4.69) is 41.5 Å². The van der Waals surface area contributed by atoms with Gasteiger partial charge in [0.25, 0.3) is 0 Å². The average molecular weight is 359 g/mol. The first-order chi connectivity index (χ1) is 11.5. The van der Waals surface area contributed by atoms with Crippen LogP contribution < -0.4 is 0 Å². The summed E-state index contributed by atoms with van der Waals surface area (Å²) >= 11 is 0. The summed E-state index contributed by atoms with van der Waals surface area (Å²) < 4.78 is 29.2. The number of hydrogen-bond donors (Lipinski definition) is 0. The Balaban J connectivity index is 1.85. The summed E-state index contributed by atoms with van der Waals surface area (Å²) in [5.41, 5.74) is -0.859. The van der Waals surface area contributed by atoms with Gasteiger partial charge in [-0.15, -0.1) is 0 Å². The number of epoxide rings is 1. The molecule has 148 valence electrons. The van der Waals surface area contributed by atoms with Gasteiger partial charge in [0.15, 0.2) is 0 Å². The Morgan fingerprint density at radius 3 is 2.28 bits per heavy atom. The largest absolute Gasteiger partial charge is 0.373 e. The van der Waals surface area contributed by atoms with E-state index in [-0.39, 0.29) is 22.4 Å². The maximum absolute atomic E-state index is 6.61. The Hall–Kier alpha value is -0.200. The van der Waals surface area contributed by atoms with Crippen LogP contribution in [-0.2, 0) is 23.7 Å². The number of hydrogen-bond acceptors (Lipinski definition) is 5. The van der Waals surface area contributed by atoms with Crippen molar-refractivity contribution in [1.82, 2.24) is 0 Å². The minimum absolute atomic E-state index is 0.171. The first-order valence-corrected chi connectivity index (χ1v) is 9.64. The van der Waals surface area contributed by atoms with Gasteiger partial charge in [-0.05, 0) is 61.3 Å². The maximum Gasteiger partial charge on any atom is 0.147 e. The van der Waals surface area contributed by atoms with Gasteiger partial charge in [0.2, 0.25) is 0 Å². The van der Waals surface area contributed by atoms with E-state index in [1.165, 1.54) is 0 Å². The van der Waals surface area contributed by atoms with E-state index in [1.54, 1.807) is 0 Å². The van der Waals surface area contributed by atoms with Crippen molar-refractivity contribution >= 4 is 0 Å². The van der Waals surface area contributed by atoms with Crippen LogP contribution >= 0.6 is 0 Å². The van der Waals surface area contributed by atoms with E-state index in [0.29, 0.717) is 26.1 Å². The molecule has 1 aliphatic heterocycles. The third-order valence-corrected chi connectivity index (χ3v) is 5.06. The second-order valence-corrected chi connectivity index (χ2v) is 9.40. The summed E-state index contributed by atoms with van der Waals surface area (Å²) in [7, 11) is 0. The topological polar surface area (TPSA) is 49.5 Å². The quantitative estimate of drug-likeness (QED) is 0.316. The van der Waals surface area contributed by atoms with Crippen LogP contribution in [0.5, 0.6) is 0 Å². The van der Waals surface area contributed by atoms with Crippen molar-refractivity contribution in [2.45, 2.75) is 103 Å². The van der Waals surface area contributed by atoms with Gasteiger partial charge in [0.1, 0.15) is 12.9 Å². The summed E-state index contributed by atoms with van der Waals surface area (Å²) in [5.74, 6) is 0. The molecule has 0 aromatic carbocycles. The second-order valence-electron chi connectivity index (χ2n) is 9.40. The van der Waals surface area contributed by atoms with Crippen LogP contribution in [0.2, 0.25) is 0 Å². The number of rotatable bonds is 11. The molecule has 1 heterocycles. The lowest BCUT2D eigenvalue weighted by Gasteiger charge is -2.41. The molecule has 2 aliphatic rings. The van der Waals surface area contributed by atoms with Crippen LogP contribution in [0.3, 0.4) is 0 Å². The molecule has 0 N–H and O–H groups in total. The molecule has 0 aromatic heterocycles. The van der Waals surface area contributed by atoms with Crippen molar-refractivity contribution < 1.29 is 23.7 Å². The summed E-state index contributed by atoms with van der Waals surface area (Å²) in [4.78, 5) is 0. The standard InChI is InChI=1S/C20H38O5/c1-8-21-15-24-19(6)9-10-20(7,14-19)25-18(4,5)13-17(2,3)23-12-16-11-22-16/h16H,8-15H2,1-7H3. The third-order valence-electron chi connectivity index (χ3n) is 5.06. The Labute approximate surface area is 153 Å². The van der Waals surface area contributed by atoms with E-state index >= 15 is 0 Å². The van der Waals surface area contributed by atoms with Gasteiger partial charge in [-0.3, -0.25) is 0 Å². The van der Waals surface area contributed by atoms with Crippen molar-refractivity contribution in [2.75, 3.05) is 26.6 Å². The normalized spacial score (nSPS) is 33.0. The zero-order valence-corrected chi connectivity index (χ0v) is 17.3. The van der Waals surface area contributed by atoms with Crippen LogP contribution in [0.1, 0.15) is 74.1 Å². The molecular formula is C20H38O5. The zero-order chi connectivity index (χ0) is 18.8. The highest BCUT2D eigenvalue weighted by molar-refractivity contribution is 4.98. The van der Waals surface area contributed by atoms with Crippen LogP contribution in [0.15, 0.2) is 0 Å². The monoisotopic (exact) mass is 358 g/mol. The molecule has 0 amide bonds. The van der Waals surface area contributed by atoms with Crippen molar-refractivity contribution in [1.29, 1.82) is 0 Å². The summed E-state index contributed by atoms with van der Waals surface area (Å²) in [6, 6.07) is 0. The molecule has 5 nitrogen and oxygen atoms in total. The highest BCUT2D eigenvalue weighted by Gasteiger charge is 2.47. The van der Waals surface area contributed by atoms with E-state index in [4.69, 9.17) is 23.7 Å². The Morgan fingerprint density at radius 1 is 1.04 bits per heavy atom. The summed E-state index contributed by atoms with van der Waals surface area (Å²) in [5, 5.41) is 0. The molecule has 1 saturated carbocycles. The van der Waals surface area contributed by atoms with E-state index in [1.807, 2.05) is 6.92 Å². The highest BCUT2D eigenvalue weighted by Crippen LogP contribution is 2.45. The first-order valence-electron chi connectivity index (χ1n) is 9.64. The zero-order valence-electron chi connectivity index (χ0n) is 17.3. The Kier molecular flexibility index (Phi) is 6.59. The molecule has 0 aromatic rings. The van der Waals surface area contributed by atoms with Crippen molar-refractivity contribution in [3.8, 4) is 0 Å². The maximum atomic E-state index is 6.61. The summed E-state index contributed by atoms with van der Waals surface area (Å²) in [6.45, 7) is 17.5. The van der Waals surface area contributed by atoms with Crippen LogP contribution in [0.4, 0.5) is 0 Å². The third kappa shape index (κ3) is 7.14. The lowest BCUT2D eigenvalue weighted by molar-refractivity contribution is -0.178. The molecule has 2 fully saturated rings. The van der Waals surface area contributed by atoms with Crippen molar-refractivity contribution in [2.24, 2.45) is 0 Å². The fraction of sp³-hybridized carbons (Fsp3) is 1.00. The molecule has 25 heavy (non-hydrogen) atoms. The fourth-order valence-corrected chi connectivity index (χ4v) is 4.24. The fourth-order valence-electron chi connectivity index (χ4n) is 4.24. The molecule has 3 unspecified atom stereocenters. The van der Waals surface area contributed by atoms with Gasteiger partial charge < -0.3 is 23.7 Å². The predicted octanol–water partition coefficient (Wildman–Crippen LogP) is 4.08. The number of ether oxygens (including phenoxy) is 5. The van der Waals surface area contributed by atoms with Gasteiger partial charge in [0.05, 0.1) is 35.6 Å². The first kappa shape index (κ1) is 21.1. The molecule has 5 heteroatoms. The Morgan fingerprint density at radius 2 is 1.68 bits per heavy atom. The average Bonchev–Trinajstić information content (AvgIpc) is 3.21. The molecule has 1 aliphatic carbocycles. The van der Waals surface area contributed by atoms with Crippen LogP contribution in [0.25, 0.3) is 0 Å². The molecule has 1 saturated heterocycles. The SMILES string of the molecule is CCOCOC1(C)CCC(C)(OC(C)(C)CC(C)(C)OCC2CO2)C1. The van der Waals surface area contributed by atoms with Gasteiger partial charge >= 0.3 is 0 Å². The molecule has 0 spiro atoms.